The number of nitrogens with two attached hydrogens (primary N) is 1. The van der Waals surface area contributed by atoms with E-state index in [2.05, 4.69) is 22.5 Å². The highest BCUT2D eigenvalue weighted by molar-refractivity contribution is 5.96. The molecule has 6 nitrogen and oxygen atoms in total. The Hall–Kier alpha value is -2.15. The molecular formula is C17H25FN4O2. The third-order valence-electron chi connectivity index (χ3n) is 4.39. The Morgan fingerprint density at radius 1 is 1.38 bits per heavy atom. The molecule has 1 aliphatic rings. The normalized spacial score (nSPS) is 18.2. The highest BCUT2D eigenvalue weighted by Gasteiger charge is 2.20. The van der Waals surface area contributed by atoms with Gasteiger partial charge in [-0.05, 0) is 44.0 Å². The zero-order valence-corrected chi connectivity index (χ0v) is 14.0. The van der Waals surface area contributed by atoms with E-state index in [0.29, 0.717) is 18.3 Å². The summed E-state index contributed by atoms with van der Waals surface area (Å²) in [4.78, 5) is 25.4. The van der Waals surface area contributed by atoms with Crippen LogP contribution >= 0.6 is 0 Å². The molecule has 0 bridgehead atoms. The topological polar surface area (TPSA) is 87.5 Å². The SMILES string of the molecule is CC[C@@H]1CCCCN1CCNC(=O)Nc1ccc(F)c(C(N)=O)c1. The van der Waals surface area contributed by atoms with Crippen LogP contribution in [-0.2, 0) is 0 Å². The van der Waals surface area contributed by atoms with E-state index in [4.69, 9.17) is 5.73 Å². The maximum Gasteiger partial charge on any atom is 0.319 e. The van der Waals surface area contributed by atoms with Gasteiger partial charge in [0.25, 0.3) is 5.91 Å². The number of carbonyl (C=O) groups excluding carboxylic acids is 2. The fourth-order valence-electron chi connectivity index (χ4n) is 3.10. The van der Waals surface area contributed by atoms with Crippen molar-refractivity contribution in [3.05, 3.63) is 29.6 Å². The lowest BCUT2D eigenvalue weighted by atomic mass is 10.0. The Bertz CT molecular complexity index is 594. The van der Waals surface area contributed by atoms with Crippen LogP contribution in [0.3, 0.4) is 0 Å². The molecule has 24 heavy (non-hydrogen) atoms. The fourth-order valence-corrected chi connectivity index (χ4v) is 3.10. The number of carbonyl (C=O) groups is 2. The Morgan fingerprint density at radius 3 is 2.88 bits per heavy atom. The zero-order chi connectivity index (χ0) is 17.5. The number of nitrogens with zero attached hydrogens (tertiary/aromatic N) is 1. The first kappa shape index (κ1) is 18.2. The molecule has 7 heteroatoms. The first-order valence-corrected chi connectivity index (χ1v) is 8.39. The monoisotopic (exact) mass is 336 g/mol. The van der Waals surface area contributed by atoms with Crippen LogP contribution in [0.4, 0.5) is 14.9 Å². The minimum absolute atomic E-state index is 0.244. The molecule has 1 aromatic rings. The van der Waals surface area contributed by atoms with E-state index in [9.17, 15) is 14.0 Å². The molecule has 3 amide bonds. The molecule has 0 unspecified atom stereocenters. The van der Waals surface area contributed by atoms with Gasteiger partial charge in [0.1, 0.15) is 5.82 Å². The van der Waals surface area contributed by atoms with Crippen molar-refractivity contribution in [2.75, 3.05) is 25.0 Å². The number of rotatable bonds is 6. The Balaban J connectivity index is 1.81. The summed E-state index contributed by atoms with van der Waals surface area (Å²) < 4.78 is 13.4. The molecule has 1 saturated heterocycles. The molecular weight excluding hydrogens is 311 g/mol. The Kier molecular flexibility index (Phi) is 6.54. The molecule has 0 aromatic heterocycles. The van der Waals surface area contributed by atoms with Crippen LogP contribution < -0.4 is 16.4 Å². The number of likely N-dealkylation sites (tertiary alicyclic amines) is 1. The van der Waals surface area contributed by atoms with Crippen molar-refractivity contribution in [3.63, 3.8) is 0 Å². The van der Waals surface area contributed by atoms with Crippen LogP contribution in [0.15, 0.2) is 18.2 Å². The summed E-state index contributed by atoms with van der Waals surface area (Å²) in [6, 6.07) is 3.93. The Morgan fingerprint density at radius 2 is 2.17 bits per heavy atom. The molecule has 1 heterocycles. The van der Waals surface area contributed by atoms with E-state index in [0.717, 1.165) is 25.6 Å². The lowest BCUT2D eigenvalue weighted by molar-refractivity contribution is 0.0996. The van der Waals surface area contributed by atoms with Gasteiger partial charge in [-0.25, -0.2) is 9.18 Å². The maximum atomic E-state index is 13.4. The predicted molar refractivity (Wildman–Crippen MR) is 91.4 cm³/mol. The quantitative estimate of drug-likeness (QED) is 0.745. The van der Waals surface area contributed by atoms with Gasteiger partial charge in [0.05, 0.1) is 5.56 Å². The number of urea groups is 1. The Labute approximate surface area is 141 Å². The number of hydrogen-bond acceptors (Lipinski definition) is 3. The standard InChI is InChI=1S/C17H25FN4O2/c1-2-13-5-3-4-9-22(13)10-8-20-17(24)21-12-6-7-15(18)14(11-12)16(19)23/h6-7,11,13H,2-5,8-10H2,1H3,(H2,19,23)(H2,20,21,24)/t13-/m1/s1. The van der Waals surface area contributed by atoms with Crippen molar-refractivity contribution >= 4 is 17.6 Å². The van der Waals surface area contributed by atoms with Crippen LogP contribution in [-0.4, -0.2) is 42.5 Å². The van der Waals surface area contributed by atoms with Crippen molar-refractivity contribution < 1.29 is 14.0 Å². The van der Waals surface area contributed by atoms with Crippen LogP contribution in [0.1, 0.15) is 43.0 Å². The molecule has 0 radical (unpaired) electrons. The summed E-state index contributed by atoms with van der Waals surface area (Å²) in [7, 11) is 0. The van der Waals surface area contributed by atoms with Crippen LogP contribution in [0.25, 0.3) is 0 Å². The van der Waals surface area contributed by atoms with E-state index in [1.165, 1.54) is 31.4 Å². The van der Waals surface area contributed by atoms with E-state index in [1.807, 2.05) is 0 Å². The van der Waals surface area contributed by atoms with Crippen molar-refractivity contribution in [1.82, 2.24) is 10.2 Å². The average Bonchev–Trinajstić information content (AvgIpc) is 2.56. The van der Waals surface area contributed by atoms with Gasteiger partial charge in [0.15, 0.2) is 0 Å². The van der Waals surface area contributed by atoms with Gasteiger partial charge in [-0.1, -0.05) is 13.3 Å². The second kappa shape index (κ2) is 8.63. The lowest BCUT2D eigenvalue weighted by Crippen LogP contribution is -2.44. The fraction of sp³-hybridized carbons (Fsp3) is 0.529. The molecule has 0 spiro atoms. The number of amides is 3. The summed E-state index contributed by atoms with van der Waals surface area (Å²) in [5.74, 6) is -1.57. The molecule has 4 N–H and O–H groups in total. The number of piperidine rings is 1. The van der Waals surface area contributed by atoms with Crippen molar-refractivity contribution in [2.24, 2.45) is 5.73 Å². The van der Waals surface area contributed by atoms with E-state index >= 15 is 0 Å². The van der Waals surface area contributed by atoms with Crippen molar-refractivity contribution in [3.8, 4) is 0 Å². The maximum absolute atomic E-state index is 13.4. The van der Waals surface area contributed by atoms with Gasteiger partial charge >= 0.3 is 6.03 Å². The second-order valence-electron chi connectivity index (χ2n) is 6.03. The number of halogens is 1. The minimum atomic E-state index is -0.868. The predicted octanol–water partition coefficient (Wildman–Crippen LogP) is 2.31. The lowest BCUT2D eigenvalue weighted by Gasteiger charge is -2.35. The van der Waals surface area contributed by atoms with Crippen LogP contribution in [0.5, 0.6) is 0 Å². The van der Waals surface area contributed by atoms with Crippen molar-refractivity contribution in [2.45, 2.75) is 38.6 Å². The first-order chi connectivity index (χ1) is 11.5. The van der Waals surface area contributed by atoms with Crippen LogP contribution in [0.2, 0.25) is 0 Å². The summed E-state index contributed by atoms with van der Waals surface area (Å²) in [5.41, 5.74) is 5.17. The summed E-state index contributed by atoms with van der Waals surface area (Å²) >= 11 is 0. The second-order valence-corrected chi connectivity index (χ2v) is 6.03. The third-order valence-corrected chi connectivity index (χ3v) is 4.39. The zero-order valence-electron chi connectivity index (χ0n) is 14.0. The molecule has 1 aromatic carbocycles. The molecule has 1 atom stereocenters. The highest BCUT2D eigenvalue weighted by atomic mass is 19.1. The van der Waals surface area contributed by atoms with Gasteiger partial charge in [0, 0.05) is 24.8 Å². The summed E-state index contributed by atoms with van der Waals surface area (Å²) in [5, 5.41) is 5.37. The van der Waals surface area contributed by atoms with Gasteiger partial charge < -0.3 is 16.4 Å². The first-order valence-electron chi connectivity index (χ1n) is 8.39. The van der Waals surface area contributed by atoms with Gasteiger partial charge in [0.2, 0.25) is 0 Å². The molecule has 1 fully saturated rings. The average molecular weight is 336 g/mol. The highest BCUT2D eigenvalue weighted by Crippen LogP contribution is 2.18. The smallest absolute Gasteiger partial charge is 0.319 e. The van der Waals surface area contributed by atoms with Crippen LogP contribution in [0, 0.1) is 5.82 Å². The minimum Gasteiger partial charge on any atom is -0.366 e. The third kappa shape index (κ3) is 4.92. The van der Waals surface area contributed by atoms with Gasteiger partial charge in [-0.2, -0.15) is 0 Å². The van der Waals surface area contributed by atoms with Gasteiger partial charge in [-0.3, -0.25) is 9.69 Å². The van der Waals surface area contributed by atoms with Gasteiger partial charge in [-0.15, -0.1) is 0 Å². The van der Waals surface area contributed by atoms with E-state index in [-0.39, 0.29) is 11.6 Å². The molecule has 2 rings (SSSR count). The number of benzene rings is 1. The molecule has 0 aliphatic carbocycles. The molecule has 1 aliphatic heterocycles. The number of anilines is 1. The number of primary amides is 1. The van der Waals surface area contributed by atoms with Crippen molar-refractivity contribution in [1.29, 1.82) is 0 Å². The van der Waals surface area contributed by atoms with E-state index in [1.54, 1.807) is 0 Å². The summed E-state index contributed by atoms with van der Waals surface area (Å²) in [6.07, 6.45) is 4.82. The van der Waals surface area contributed by atoms with E-state index < -0.39 is 11.7 Å². The molecule has 132 valence electrons. The number of hydrogen-bond donors (Lipinski definition) is 3. The largest absolute Gasteiger partial charge is 0.366 e. The molecule has 0 saturated carbocycles. The number of nitrogens with one attached hydrogen (secondary N) is 2. The summed E-state index contributed by atoms with van der Waals surface area (Å²) in [6.45, 7) is 4.60.